The van der Waals surface area contributed by atoms with Gasteiger partial charge in [-0.2, -0.15) is 0 Å². The Bertz CT molecular complexity index is 700. The van der Waals surface area contributed by atoms with Gasteiger partial charge in [0.05, 0.1) is 6.10 Å². The van der Waals surface area contributed by atoms with Crippen LogP contribution in [0.1, 0.15) is 37.7 Å². The minimum absolute atomic E-state index is 0.474. The lowest BCUT2D eigenvalue weighted by Gasteiger charge is -2.57. The first-order chi connectivity index (χ1) is 11.4. The van der Waals surface area contributed by atoms with Crippen molar-refractivity contribution in [3.05, 3.63) is 36.0 Å². The molecule has 1 aromatic heterocycles. The molecule has 2 heterocycles. The van der Waals surface area contributed by atoms with Crippen molar-refractivity contribution in [2.24, 2.45) is 11.3 Å². The molecule has 23 heavy (non-hydrogen) atoms. The number of hydrogen-bond donors (Lipinski definition) is 2. The third kappa shape index (κ3) is 2.03. The topological polar surface area (TPSA) is 37.0 Å². The highest BCUT2D eigenvalue weighted by Crippen LogP contribution is 2.60. The van der Waals surface area contributed by atoms with Crippen molar-refractivity contribution in [1.29, 1.82) is 0 Å². The highest BCUT2D eigenvalue weighted by Gasteiger charge is 2.64. The van der Waals surface area contributed by atoms with Crippen molar-refractivity contribution in [3.8, 4) is 0 Å². The van der Waals surface area contributed by atoms with Gasteiger partial charge in [-0.25, -0.2) is 0 Å². The molecule has 122 valence electrons. The average molecular weight is 310 g/mol. The average Bonchev–Trinajstić information content (AvgIpc) is 3.30. The Morgan fingerprint density at radius 2 is 2.09 bits per heavy atom. The van der Waals surface area contributed by atoms with E-state index >= 15 is 0 Å². The maximum absolute atomic E-state index is 6.08. The van der Waals surface area contributed by atoms with Crippen LogP contribution in [-0.4, -0.2) is 30.3 Å². The summed E-state index contributed by atoms with van der Waals surface area (Å²) in [5.74, 6) is 0.774. The van der Waals surface area contributed by atoms with E-state index in [1.165, 1.54) is 48.6 Å². The number of para-hydroxylation sites is 1. The quantitative estimate of drug-likeness (QED) is 0.904. The molecule has 2 aromatic rings. The van der Waals surface area contributed by atoms with Crippen LogP contribution in [0.4, 0.5) is 0 Å². The maximum Gasteiger partial charge on any atom is 0.0690 e. The van der Waals surface area contributed by atoms with E-state index in [2.05, 4.69) is 40.8 Å². The van der Waals surface area contributed by atoms with Crippen LogP contribution in [0.15, 0.2) is 30.5 Å². The van der Waals surface area contributed by atoms with Crippen molar-refractivity contribution in [2.45, 2.75) is 50.7 Å². The van der Waals surface area contributed by atoms with E-state index in [1.54, 1.807) is 0 Å². The molecule has 1 saturated heterocycles. The number of nitrogens with one attached hydrogen (secondary N) is 2. The zero-order valence-corrected chi connectivity index (χ0v) is 13.7. The van der Waals surface area contributed by atoms with Gasteiger partial charge in [-0.15, -0.1) is 0 Å². The van der Waals surface area contributed by atoms with Gasteiger partial charge in [0.15, 0.2) is 0 Å². The molecular weight excluding hydrogens is 284 g/mol. The molecule has 3 heteroatoms. The van der Waals surface area contributed by atoms with Crippen molar-refractivity contribution in [2.75, 3.05) is 13.2 Å². The van der Waals surface area contributed by atoms with Crippen LogP contribution in [0.25, 0.3) is 10.9 Å². The zero-order valence-electron chi connectivity index (χ0n) is 13.7. The fraction of sp³-hybridized carbons (Fsp3) is 0.600. The zero-order chi connectivity index (χ0) is 15.3. The molecule has 3 aliphatic rings. The minimum Gasteiger partial charge on any atom is -0.377 e. The van der Waals surface area contributed by atoms with Crippen molar-refractivity contribution in [1.82, 2.24) is 10.3 Å². The third-order valence-electron chi connectivity index (χ3n) is 6.72. The highest BCUT2D eigenvalue weighted by molar-refractivity contribution is 5.83. The summed E-state index contributed by atoms with van der Waals surface area (Å²) < 4.78 is 6.08. The molecule has 3 fully saturated rings. The van der Waals surface area contributed by atoms with Gasteiger partial charge < -0.3 is 15.0 Å². The molecule has 0 amide bonds. The fourth-order valence-electron chi connectivity index (χ4n) is 5.71. The van der Waals surface area contributed by atoms with Gasteiger partial charge in [0.2, 0.25) is 0 Å². The summed E-state index contributed by atoms with van der Waals surface area (Å²) in [6, 6.07) is 9.31. The molecule has 2 aliphatic carbocycles. The number of aromatic amines is 1. The Balaban J connectivity index is 1.27. The number of H-pyrrole nitrogens is 1. The molecule has 3 nitrogen and oxygen atoms in total. The molecule has 1 aliphatic heterocycles. The van der Waals surface area contributed by atoms with Crippen LogP contribution in [0.2, 0.25) is 0 Å². The number of aromatic nitrogens is 1. The summed E-state index contributed by atoms with van der Waals surface area (Å²) in [7, 11) is 0. The lowest BCUT2D eigenvalue weighted by Crippen LogP contribution is -2.67. The number of hydrogen-bond acceptors (Lipinski definition) is 2. The van der Waals surface area contributed by atoms with Gasteiger partial charge in [0.25, 0.3) is 0 Å². The van der Waals surface area contributed by atoms with E-state index < -0.39 is 0 Å². The van der Waals surface area contributed by atoms with Gasteiger partial charge in [-0.05, 0) is 43.9 Å². The molecule has 1 unspecified atom stereocenters. The monoisotopic (exact) mass is 310 g/mol. The lowest BCUT2D eigenvalue weighted by atomic mass is 9.54. The van der Waals surface area contributed by atoms with Crippen LogP contribution < -0.4 is 5.32 Å². The summed E-state index contributed by atoms with van der Waals surface area (Å²) >= 11 is 0. The Morgan fingerprint density at radius 1 is 1.22 bits per heavy atom. The van der Waals surface area contributed by atoms with Crippen LogP contribution in [0, 0.1) is 11.3 Å². The third-order valence-corrected chi connectivity index (χ3v) is 6.72. The standard InChI is InChI=1S/C20H26N2O/c1-2-6-17-15(5-1)14(13-22-17)7-11-21-18-16-8-12-23-19(16)20(18)9-3-4-10-20/h1-2,5-6,13,16,18-19,21-22H,3-4,7-12H2/t16-,18?,19-/m1/s1. The van der Waals surface area contributed by atoms with Crippen LogP contribution >= 0.6 is 0 Å². The van der Waals surface area contributed by atoms with Crippen LogP contribution in [-0.2, 0) is 11.2 Å². The molecule has 1 spiro atoms. The van der Waals surface area contributed by atoms with Gasteiger partial charge >= 0.3 is 0 Å². The van der Waals surface area contributed by atoms with E-state index in [4.69, 9.17) is 4.74 Å². The maximum atomic E-state index is 6.08. The molecule has 5 rings (SSSR count). The van der Waals surface area contributed by atoms with Gasteiger partial charge in [-0.3, -0.25) is 0 Å². The molecule has 2 N–H and O–H groups in total. The smallest absolute Gasteiger partial charge is 0.0690 e. The van der Waals surface area contributed by atoms with E-state index in [0.29, 0.717) is 17.6 Å². The first-order valence-electron chi connectivity index (χ1n) is 9.28. The van der Waals surface area contributed by atoms with Gasteiger partial charge in [-0.1, -0.05) is 31.0 Å². The number of rotatable bonds is 4. The molecule has 0 bridgehead atoms. The van der Waals surface area contributed by atoms with Gasteiger partial charge in [0.1, 0.15) is 0 Å². The Kier molecular flexibility index (Phi) is 3.27. The Hall–Kier alpha value is -1.32. The molecular formula is C20H26N2O. The SMILES string of the molecule is c1ccc2c(CCNC3[C@H]4CCO[C@H]4C34CCCC4)c[nH]c2c1. The van der Waals surface area contributed by atoms with Crippen molar-refractivity contribution in [3.63, 3.8) is 0 Å². The predicted octanol–water partition coefficient (Wildman–Crippen LogP) is 3.65. The van der Waals surface area contributed by atoms with Crippen LogP contribution in [0.5, 0.6) is 0 Å². The van der Waals surface area contributed by atoms with Crippen molar-refractivity contribution < 1.29 is 4.74 Å². The Labute approximate surface area is 137 Å². The number of benzene rings is 1. The van der Waals surface area contributed by atoms with Crippen molar-refractivity contribution >= 4 is 10.9 Å². The molecule has 0 radical (unpaired) electrons. The highest BCUT2D eigenvalue weighted by atomic mass is 16.5. The normalized spacial score (nSPS) is 31.6. The second kappa shape index (κ2) is 5.35. The van der Waals surface area contributed by atoms with E-state index in [9.17, 15) is 0 Å². The largest absolute Gasteiger partial charge is 0.377 e. The second-order valence-electron chi connectivity index (χ2n) is 7.73. The van der Waals surface area contributed by atoms with E-state index in [-0.39, 0.29) is 0 Å². The summed E-state index contributed by atoms with van der Waals surface area (Å²) in [5, 5.41) is 5.31. The molecule has 1 aromatic carbocycles. The Morgan fingerprint density at radius 3 is 3.00 bits per heavy atom. The second-order valence-corrected chi connectivity index (χ2v) is 7.73. The number of fused-ring (bicyclic) bond motifs is 3. The predicted molar refractivity (Wildman–Crippen MR) is 92.5 cm³/mol. The molecule has 2 saturated carbocycles. The first-order valence-corrected chi connectivity index (χ1v) is 9.28. The fourth-order valence-corrected chi connectivity index (χ4v) is 5.71. The van der Waals surface area contributed by atoms with Crippen LogP contribution in [0.3, 0.4) is 0 Å². The van der Waals surface area contributed by atoms with E-state index in [0.717, 1.165) is 25.5 Å². The summed E-state index contributed by atoms with van der Waals surface area (Å²) in [5.41, 5.74) is 3.16. The van der Waals surface area contributed by atoms with Gasteiger partial charge in [0, 0.05) is 41.1 Å². The summed E-state index contributed by atoms with van der Waals surface area (Å²) in [6.07, 6.45) is 10.7. The van der Waals surface area contributed by atoms with E-state index in [1.807, 2.05) is 0 Å². The number of ether oxygens (including phenoxy) is 1. The summed E-state index contributed by atoms with van der Waals surface area (Å²) in [6.45, 7) is 2.06. The molecule has 3 atom stereocenters. The first kappa shape index (κ1) is 14.1. The lowest BCUT2D eigenvalue weighted by molar-refractivity contribution is -0.130. The minimum atomic E-state index is 0.474. The summed E-state index contributed by atoms with van der Waals surface area (Å²) in [4.78, 5) is 3.39.